The second-order valence-electron chi connectivity index (χ2n) is 9.31. The molecule has 0 atom stereocenters. The molecule has 36 heavy (non-hydrogen) atoms. The summed E-state index contributed by atoms with van der Waals surface area (Å²) in [5.41, 5.74) is 7.60. The Bertz CT molecular complexity index is 1070. The number of hydrogen-bond donors (Lipinski definition) is 1. The van der Waals surface area contributed by atoms with Crippen LogP contribution in [0.15, 0.2) is 24.3 Å². The van der Waals surface area contributed by atoms with Crippen molar-refractivity contribution in [3.05, 3.63) is 45.5 Å². The van der Waals surface area contributed by atoms with Gasteiger partial charge >= 0.3 is 17.7 Å². The Balaban J connectivity index is 1.65. The zero-order valence-electron chi connectivity index (χ0n) is 20.7. The number of carbonyl (C=O) groups excluding carboxylic acids is 1. The minimum Gasteiger partial charge on any atom is -0.465 e. The summed E-state index contributed by atoms with van der Waals surface area (Å²) in [7, 11) is 0. The highest BCUT2D eigenvalue weighted by Crippen LogP contribution is 2.34. The van der Waals surface area contributed by atoms with Crippen LogP contribution in [0, 0.1) is 10.1 Å². The van der Waals surface area contributed by atoms with Gasteiger partial charge in [-0.1, -0.05) is 24.3 Å². The fourth-order valence-electron chi connectivity index (χ4n) is 4.86. The minimum absolute atomic E-state index is 0.0170. The molecular weight excluding hydrogens is 464 g/mol. The van der Waals surface area contributed by atoms with Crippen LogP contribution in [0.25, 0.3) is 0 Å². The number of benzene rings is 1. The monoisotopic (exact) mass is 498 g/mol. The van der Waals surface area contributed by atoms with Crippen molar-refractivity contribution in [3.8, 4) is 6.01 Å². The van der Waals surface area contributed by atoms with Gasteiger partial charge in [0.25, 0.3) is 0 Å². The van der Waals surface area contributed by atoms with Crippen molar-refractivity contribution < 1.29 is 19.2 Å². The molecule has 1 aliphatic carbocycles. The molecule has 2 fully saturated rings. The van der Waals surface area contributed by atoms with Crippen LogP contribution in [0.3, 0.4) is 0 Å². The smallest absolute Gasteiger partial charge is 0.353 e. The molecule has 4 rings (SSSR count). The third kappa shape index (κ3) is 6.60. The molecule has 2 aliphatic rings. The number of likely N-dealkylation sites (tertiary alicyclic amines) is 1. The van der Waals surface area contributed by atoms with E-state index >= 15 is 0 Å². The number of nitrogen functional groups attached to an aromatic ring is 1. The molecule has 1 aliphatic heterocycles. The lowest BCUT2D eigenvalue weighted by molar-refractivity contribution is -0.383. The van der Waals surface area contributed by atoms with E-state index in [2.05, 4.69) is 27.0 Å². The van der Waals surface area contributed by atoms with Crippen molar-refractivity contribution >= 4 is 23.3 Å². The summed E-state index contributed by atoms with van der Waals surface area (Å²) < 4.78 is 11.1. The van der Waals surface area contributed by atoms with Gasteiger partial charge in [0.15, 0.2) is 0 Å². The molecule has 194 valence electrons. The van der Waals surface area contributed by atoms with Crippen LogP contribution in [-0.2, 0) is 22.6 Å². The fourth-order valence-corrected chi connectivity index (χ4v) is 4.86. The largest absolute Gasteiger partial charge is 0.465 e. The summed E-state index contributed by atoms with van der Waals surface area (Å²) in [6, 6.07) is 7.99. The number of nitro groups is 1. The first-order valence-electron chi connectivity index (χ1n) is 12.6. The van der Waals surface area contributed by atoms with Gasteiger partial charge in [-0.05, 0) is 69.7 Å². The van der Waals surface area contributed by atoms with Gasteiger partial charge in [-0.2, -0.15) is 9.97 Å². The molecule has 1 aromatic carbocycles. The predicted molar refractivity (Wildman–Crippen MR) is 135 cm³/mol. The van der Waals surface area contributed by atoms with E-state index in [0.29, 0.717) is 0 Å². The maximum Gasteiger partial charge on any atom is 0.353 e. The number of carbonyl (C=O) groups is 1. The number of nitrogens with two attached hydrogens (primary N) is 1. The Morgan fingerprint density at radius 1 is 1.19 bits per heavy atom. The summed E-state index contributed by atoms with van der Waals surface area (Å²) in [5.74, 6) is -0.872. The van der Waals surface area contributed by atoms with Gasteiger partial charge in [-0.25, -0.2) is 0 Å². The number of aromatic nitrogens is 2. The molecular formula is C25H34N6O5. The number of esters is 1. The maximum absolute atomic E-state index is 12.5. The molecule has 0 radical (unpaired) electrons. The molecule has 1 saturated carbocycles. The van der Waals surface area contributed by atoms with E-state index in [1.165, 1.54) is 17.7 Å². The van der Waals surface area contributed by atoms with E-state index in [-0.39, 0.29) is 43.4 Å². The first kappa shape index (κ1) is 25.6. The SMILES string of the molecule is CCOC(=O)CN(Cc1cccc(CN2CCCC2)c1)c1nc(OC2CCCC2)nc(N)c1[N+](=O)[O-]. The van der Waals surface area contributed by atoms with Crippen molar-refractivity contribution in [1.82, 2.24) is 14.9 Å². The van der Waals surface area contributed by atoms with Crippen LogP contribution < -0.4 is 15.4 Å². The lowest BCUT2D eigenvalue weighted by Crippen LogP contribution is -2.32. The highest BCUT2D eigenvalue weighted by atomic mass is 16.6. The van der Waals surface area contributed by atoms with Crippen LogP contribution in [0.4, 0.5) is 17.3 Å². The Hall–Kier alpha value is -3.47. The molecule has 2 aromatic rings. The van der Waals surface area contributed by atoms with E-state index in [1.54, 1.807) is 6.92 Å². The van der Waals surface area contributed by atoms with Crippen molar-refractivity contribution in [3.63, 3.8) is 0 Å². The number of anilines is 2. The van der Waals surface area contributed by atoms with Crippen molar-refractivity contribution in [2.75, 3.05) is 36.9 Å². The van der Waals surface area contributed by atoms with Gasteiger partial charge in [0, 0.05) is 13.1 Å². The van der Waals surface area contributed by atoms with Gasteiger partial charge in [-0.15, -0.1) is 0 Å². The number of ether oxygens (including phenoxy) is 2. The zero-order valence-corrected chi connectivity index (χ0v) is 20.7. The van der Waals surface area contributed by atoms with E-state index in [9.17, 15) is 14.9 Å². The lowest BCUT2D eigenvalue weighted by Gasteiger charge is -2.24. The van der Waals surface area contributed by atoms with Crippen LogP contribution >= 0.6 is 0 Å². The molecule has 2 N–H and O–H groups in total. The van der Waals surface area contributed by atoms with Crippen molar-refractivity contribution in [2.45, 2.75) is 64.6 Å². The van der Waals surface area contributed by atoms with E-state index in [4.69, 9.17) is 15.2 Å². The average Bonchev–Trinajstić information content (AvgIpc) is 3.53. The Labute approximate surface area is 210 Å². The summed E-state index contributed by atoms with van der Waals surface area (Å²) in [6.45, 7) is 4.87. The third-order valence-electron chi connectivity index (χ3n) is 6.52. The Morgan fingerprint density at radius 2 is 1.92 bits per heavy atom. The summed E-state index contributed by atoms with van der Waals surface area (Å²) in [6.07, 6.45) is 6.18. The predicted octanol–water partition coefficient (Wildman–Crippen LogP) is 3.45. The third-order valence-corrected chi connectivity index (χ3v) is 6.52. The quantitative estimate of drug-likeness (QED) is 0.278. The van der Waals surface area contributed by atoms with Gasteiger partial charge < -0.3 is 20.1 Å². The van der Waals surface area contributed by atoms with Crippen LogP contribution in [0.1, 0.15) is 56.6 Å². The van der Waals surface area contributed by atoms with Gasteiger partial charge in [0.05, 0.1) is 11.5 Å². The molecule has 2 heterocycles. The fraction of sp³-hybridized carbons (Fsp3) is 0.560. The molecule has 0 bridgehead atoms. The Kier molecular flexibility index (Phi) is 8.52. The van der Waals surface area contributed by atoms with Gasteiger partial charge in [0.1, 0.15) is 12.6 Å². The van der Waals surface area contributed by atoms with Crippen LogP contribution in [0.2, 0.25) is 0 Å². The second-order valence-corrected chi connectivity index (χ2v) is 9.31. The molecule has 11 heteroatoms. The molecule has 11 nitrogen and oxygen atoms in total. The van der Waals surface area contributed by atoms with Crippen LogP contribution in [-0.4, -0.2) is 58.1 Å². The zero-order chi connectivity index (χ0) is 25.5. The first-order valence-corrected chi connectivity index (χ1v) is 12.6. The van der Waals surface area contributed by atoms with Gasteiger partial charge in [0.2, 0.25) is 11.6 Å². The Morgan fingerprint density at radius 3 is 2.61 bits per heavy atom. The summed E-state index contributed by atoms with van der Waals surface area (Å²) in [5, 5.41) is 12.0. The standard InChI is InChI=1S/C25H34N6O5/c1-2-35-21(32)17-30(16-19-9-7-8-18(14-19)15-29-12-5-6-13-29)24-22(31(33)34)23(26)27-25(28-24)36-20-10-3-4-11-20/h7-9,14,20H,2-6,10-13,15-17H2,1H3,(H2,26,27,28). The topological polar surface area (TPSA) is 137 Å². The highest BCUT2D eigenvalue weighted by Gasteiger charge is 2.30. The van der Waals surface area contributed by atoms with E-state index in [1.807, 2.05) is 12.1 Å². The molecule has 1 saturated heterocycles. The van der Waals surface area contributed by atoms with Crippen LogP contribution in [0.5, 0.6) is 6.01 Å². The summed E-state index contributed by atoms with van der Waals surface area (Å²) >= 11 is 0. The van der Waals surface area contributed by atoms with E-state index < -0.39 is 16.6 Å². The number of nitrogens with zero attached hydrogens (tertiary/aromatic N) is 5. The number of rotatable bonds is 11. The molecule has 0 amide bonds. The molecule has 1 aromatic heterocycles. The number of hydrogen-bond acceptors (Lipinski definition) is 10. The summed E-state index contributed by atoms with van der Waals surface area (Å²) in [4.78, 5) is 36.2. The van der Waals surface area contributed by atoms with E-state index in [0.717, 1.165) is 56.4 Å². The van der Waals surface area contributed by atoms with Crippen molar-refractivity contribution in [2.24, 2.45) is 0 Å². The normalized spacial score (nSPS) is 16.2. The molecule has 0 spiro atoms. The lowest BCUT2D eigenvalue weighted by atomic mass is 10.1. The minimum atomic E-state index is -0.619. The first-order chi connectivity index (χ1) is 17.4. The highest BCUT2D eigenvalue weighted by molar-refractivity contribution is 5.78. The maximum atomic E-state index is 12.5. The second kappa shape index (κ2) is 12.0. The average molecular weight is 499 g/mol. The van der Waals surface area contributed by atoms with Crippen molar-refractivity contribution in [1.29, 1.82) is 0 Å². The van der Waals surface area contributed by atoms with Gasteiger partial charge in [-0.3, -0.25) is 19.8 Å². The molecule has 0 unspecified atom stereocenters.